The fourth-order valence-corrected chi connectivity index (χ4v) is 2.69. The van der Waals surface area contributed by atoms with Gasteiger partial charge in [0, 0.05) is 31.9 Å². The fraction of sp³-hybridized carbons (Fsp3) is 0.400. The van der Waals surface area contributed by atoms with E-state index in [4.69, 9.17) is 5.26 Å². The molecule has 0 amide bonds. The van der Waals surface area contributed by atoms with Crippen LogP contribution >= 0.6 is 0 Å². The van der Waals surface area contributed by atoms with Crippen LogP contribution in [-0.2, 0) is 10.0 Å². The van der Waals surface area contributed by atoms with Crippen molar-refractivity contribution in [1.82, 2.24) is 9.29 Å². The van der Waals surface area contributed by atoms with Crippen LogP contribution < -0.4 is 0 Å². The molecule has 0 aliphatic carbocycles. The summed E-state index contributed by atoms with van der Waals surface area (Å²) in [5.74, 6) is 0. The summed E-state index contributed by atoms with van der Waals surface area (Å²) in [5.41, 5.74) is 0. The third kappa shape index (κ3) is 2.78. The molecule has 0 spiro atoms. The minimum Gasteiger partial charge on any atom is -0.263 e. The summed E-state index contributed by atoms with van der Waals surface area (Å²) in [4.78, 5) is 3.94. The lowest BCUT2D eigenvalue weighted by molar-refractivity contribution is 0.434. The number of nitrogens with zero attached hydrogens (tertiary/aromatic N) is 3. The van der Waals surface area contributed by atoms with E-state index in [0.29, 0.717) is 6.54 Å². The second-order valence-electron chi connectivity index (χ2n) is 3.09. The summed E-state index contributed by atoms with van der Waals surface area (Å²) in [5, 5.41) is 8.46. The van der Waals surface area contributed by atoms with Crippen LogP contribution in [0, 0.1) is 11.3 Å². The Morgan fingerprint density at radius 3 is 2.81 bits per heavy atom. The highest BCUT2D eigenvalue weighted by Crippen LogP contribution is 2.13. The van der Waals surface area contributed by atoms with Gasteiger partial charge in [-0.25, -0.2) is 8.42 Å². The molecule has 86 valence electrons. The summed E-state index contributed by atoms with van der Waals surface area (Å²) in [6, 6.07) is 5.01. The summed E-state index contributed by atoms with van der Waals surface area (Å²) >= 11 is 0. The Morgan fingerprint density at radius 2 is 2.31 bits per heavy atom. The largest absolute Gasteiger partial charge is 0.263 e. The van der Waals surface area contributed by atoms with Gasteiger partial charge in [0.15, 0.2) is 0 Å². The van der Waals surface area contributed by atoms with E-state index < -0.39 is 10.0 Å². The molecule has 6 heteroatoms. The molecular weight excluding hydrogens is 226 g/mol. The van der Waals surface area contributed by atoms with Crippen LogP contribution in [-0.4, -0.2) is 30.8 Å². The number of hydrogen-bond donors (Lipinski definition) is 0. The minimum absolute atomic E-state index is 0.162. The van der Waals surface area contributed by atoms with Gasteiger partial charge in [-0.1, -0.05) is 6.92 Å². The number of sulfonamides is 1. The van der Waals surface area contributed by atoms with Gasteiger partial charge in [0.2, 0.25) is 10.0 Å². The Bertz CT molecular complexity index is 465. The Labute approximate surface area is 95.4 Å². The first kappa shape index (κ1) is 12.6. The van der Waals surface area contributed by atoms with E-state index in [9.17, 15) is 8.42 Å². The highest BCUT2D eigenvalue weighted by Gasteiger charge is 2.22. The number of aromatic nitrogens is 1. The Balaban J connectivity index is 2.97. The lowest BCUT2D eigenvalue weighted by Crippen LogP contribution is -2.31. The summed E-state index contributed by atoms with van der Waals surface area (Å²) < 4.78 is 25.4. The molecule has 1 aromatic rings. The van der Waals surface area contributed by atoms with Crippen LogP contribution in [0.2, 0.25) is 0 Å². The third-order valence-electron chi connectivity index (χ3n) is 2.10. The van der Waals surface area contributed by atoms with Crippen molar-refractivity contribution >= 4 is 10.0 Å². The third-order valence-corrected chi connectivity index (χ3v) is 4.06. The van der Waals surface area contributed by atoms with E-state index in [1.165, 1.54) is 22.8 Å². The van der Waals surface area contributed by atoms with E-state index in [1.807, 2.05) is 6.07 Å². The van der Waals surface area contributed by atoms with Crippen molar-refractivity contribution in [2.45, 2.75) is 18.2 Å². The maximum atomic E-state index is 12.0. The molecule has 0 aliphatic heterocycles. The number of rotatable bonds is 5. The molecule has 1 heterocycles. The topological polar surface area (TPSA) is 74.1 Å². The average Bonchev–Trinajstić information content (AvgIpc) is 2.31. The molecule has 0 radical (unpaired) electrons. The van der Waals surface area contributed by atoms with E-state index in [-0.39, 0.29) is 17.9 Å². The van der Waals surface area contributed by atoms with Crippen molar-refractivity contribution in [3.8, 4) is 6.07 Å². The number of nitriles is 1. The Hall–Kier alpha value is -1.45. The van der Waals surface area contributed by atoms with Crippen LogP contribution in [0.5, 0.6) is 0 Å². The molecule has 0 fully saturated rings. The van der Waals surface area contributed by atoms with Crippen LogP contribution in [0.15, 0.2) is 29.4 Å². The predicted molar refractivity (Wildman–Crippen MR) is 58.9 cm³/mol. The Morgan fingerprint density at radius 1 is 1.56 bits per heavy atom. The van der Waals surface area contributed by atoms with Crippen LogP contribution in [0.3, 0.4) is 0 Å². The molecule has 0 saturated heterocycles. The van der Waals surface area contributed by atoms with Gasteiger partial charge in [0.25, 0.3) is 0 Å². The summed E-state index contributed by atoms with van der Waals surface area (Å²) in [6.07, 6.45) is 3.02. The average molecular weight is 239 g/mol. The van der Waals surface area contributed by atoms with E-state index in [1.54, 1.807) is 13.0 Å². The van der Waals surface area contributed by atoms with Gasteiger partial charge in [-0.15, -0.1) is 0 Å². The normalized spacial score (nSPS) is 11.3. The smallest absolute Gasteiger partial charge is 0.244 e. The molecule has 0 aliphatic rings. The lowest BCUT2D eigenvalue weighted by Gasteiger charge is -2.18. The van der Waals surface area contributed by atoms with Gasteiger partial charge in [0.1, 0.15) is 4.90 Å². The maximum absolute atomic E-state index is 12.0. The van der Waals surface area contributed by atoms with E-state index >= 15 is 0 Å². The second kappa shape index (κ2) is 5.58. The van der Waals surface area contributed by atoms with E-state index in [2.05, 4.69) is 4.98 Å². The molecule has 1 rings (SSSR count). The first-order valence-electron chi connectivity index (χ1n) is 4.90. The first-order valence-corrected chi connectivity index (χ1v) is 6.34. The fourth-order valence-electron chi connectivity index (χ4n) is 1.27. The molecule has 1 aromatic heterocycles. The predicted octanol–water partition coefficient (Wildman–Crippen LogP) is 1.01. The van der Waals surface area contributed by atoms with Crippen molar-refractivity contribution < 1.29 is 8.42 Å². The molecule has 0 aromatic carbocycles. The van der Waals surface area contributed by atoms with Crippen molar-refractivity contribution in [2.24, 2.45) is 0 Å². The monoisotopic (exact) mass is 239 g/mol. The molecule has 0 N–H and O–H groups in total. The lowest BCUT2D eigenvalue weighted by atomic mass is 10.5. The van der Waals surface area contributed by atoms with Crippen molar-refractivity contribution in [3.05, 3.63) is 24.5 Å². The molecule has 0 unspecified atom stereocenters. The van der Waals surface area contributed by atoms with Gasteiger partial charge < -0.3 is 0 Å². The summed E-state index contributed by atoms with van der Waals surface area (Å²) in [6.45, 7) is 2.30. The van der Waals surface area contributed by atoms with E-state index in [0.717, 1.165) is 0 Å². The van der Waals surface area contributed by atoms with Gasteiger partial charge in [-0.3, -0.25) is 4.98 Å². The van der Waals surface area contributed by atoms with Crippen molar-refractivity contribution in [2.75, 3.05) is 13.1 Å². The van der Waals surface area contributed by atoms with Crippen LogP contribution in [0.25, 0.3) is 0 Å². The standard InChI is InChI=1S/C10H13N3O2S/c1-2-13(8-4-6-11)16(14,15)10-5-3-7-12-9-10/h3,5,7,9H,2,4,8H2,1H3. The molecule has 0 saturated carbocycles. The number of hydrogen-bond acceptors (Lipinski definition) is 4. The summed E-state index contributed by atoms with van der Waals surface area (Å²) in [7, 11) is -3.50. The quantitative estimate of drug-likeness (QED) is 0.768. The van der Waals surface area contributed by atoms with Gasteiger partial charge in [-0.05, 0) is 12.1 Å². The van der Waals surface area contributed by atoms with Crippen molar-refractivity contribution in [1.29, 1.82) is 5.26 Å². The molecule has 16 heavy (non-hydrogen) atoms. The zero-order valence-corrected chi connectivity index (χ0v) is 9.81. The zero-order valence-electron chi connectivity index (χ0n) is 9.00. The van der Waals surface area contributed by atoms with Crippen LogP contribution in [0.1, 0.15) is 13.3 Å². The molecule has 0 bridgehead atoms. The minimum atomic E-state index is -3.50. The molecule has 5 nitrogen and oxygen atoms in total. The van der Waals surface area contributed by atoms with Gasteiger partial charge in [0.05, 0.1) is 6.07 Å². The maximum Gasteiger partial charge on any atom is 0.244 e. The van der Waals surface area contributed by atoms with Gasteiger partial charge in [-0.2, -0.15) is 9.57 Å². The second-order valence-corrected chi connectivity index (χ2v) is 5.03. The highest BCUT2D eigenvalue weighted by molar-refractivity contribution is 7.89. The SMILES string of the molecule is CCN(CCC#N)S(=O)(=O)c1cccnc1. The van der Waals surface area contributed by atoms with Gasteiger partial charge >= 0.3 is 0 Å². The Kier molecular flexibility index (Phi) is 4.40. The molecule has 0 atom stereocenters. The van der Waals surface area contributed by atoms with Crippen molar-refractivity contribution in [3.63, 3.8) is 0 Å². The molecular formula is C10H13N3O2S. The highest BCUT2D eigenvalue weighted by atomic mass is 32.2. The zero-order chi connectivity index (χ0) is 12.0. The van der Waals surface area contributed by atoms with Crippen LogP contribution in [0.4, 0.5) is 0 Å². The number of pyridine rings is 1. The first-order chi connectivity index (χ1) is 7.62.